The molecule has 1 fully saturated rings. The number of amides is 4. The van der Waals surface area contributed by atoms with E-state index in [0.717, 1.165) is 4.90 Å². The van der Waals surface area contributed by atoms with Crippen molar-refractivity contribution < 1.29 is 28.7 Å². The second-order valence-corrected chi connectivity index (χ2v) is 6.43. The van der Waals surface area contributed by atoms with Gasteiger partial charge in [-0.05, 0) is 36.4 Å². The van der Waals surface area contributed by atoms with Crippen LogP contribution in [0.2, 0.25) is 0 Å². The molecule has 4 amide bonds. The predicted molar refractivity (Wildman–Crippen MR) is 107 cm³/mol. The Balaban J connectivity index is 1.43. The Hall–Kier alpha value is -4.01. The van der Waals surface area contributed by atoms with E-state index in [9.17, 15) is 24.0 Å². The lowest BCUT2D eigenvalue weighted by atomic mass is 10.2. The molecule has 0 aliphatic carbocycles. The third-order valence-electron chi connectivity index (χ3n) is 4.25. The SMILES string of the molecule is O=C(COC(=O)CNC(=O)c1ccc(N2C(=O)CCC2=O)cc1)Nc1ccccc1. The van der Waals surface area contributed by atoms with Crippen LogP contribution in [0.15, 0.2) is 54.6 Å². The number of nitrogens with zero attached hydrogens (tertiary/aromatic N) is 1. The summed E-state index contributed by atoms with van der Waals surface area (Å²) < 4.78 is 4.83. The largest absolute Gasteiger partial charge is 0.454 e. The first-order chi connectivity index (χ1) is 14.4. The maximum atomic E-state index is 12.1. The van der Waals surface area contributed by atoms with Gasteiger partial charge in [0.25, 0.3) is 11.8 Å². The molecule has 0 radical (unpaired) electrons. The fraction of sp³-hybridized carbons (Fsp3) is 0.190. The summed E-state index contributed by atoms with van der Waals surface area (Å²) in [7, 11) is 0. The normalized spacial score (nSPS) is 13.1. The lowest BCUT2D eigenvalue weighted by Gasteiger charge is -2.14. The molecule has 9 nitrogen and oxygen atoms in total. The molecule has 1 aliphatic heterocycles. The summed E-state index contributed by atoms with van der Waals surface area (Å²) in [6.07, 6.45) is 0.346. The van der Waals surface area contributed by atoms with Crippen LogP contribution in [-0.4, -0.2) is 42.7 Å². The van der Waals surface area contributed by atoms with E-state index in [1.54, 1.807) is 30.3 Å². The molecule has 2 N–H and O–H groups in total. The van der Waals surface area contributed by atoms with Crippen molar-refractivity contribution in [1.29, 1.82) is 0 Å². The van der Waals surface area contributed by atoms with Gasteiger partial charge in [0.2, 0.25) is 11.8 Å². The quantitative estimate of drug-likeness (QED) is 0.524. The van der Waals surface area contributed by atoms with Crippen molar-refractivity contribution in [3.63, 3.8) is 0 Å². The molecule has 3 rings (SSSR count). The van der Waals surface area contributed by atoms with Crippen LogP contribution in [0.3, 0.4) is 0 Å². The second kappa shape index (κ2) is 9.46. The first-order valence-electron chi connectivity index (χ1n) is 9.18. The number of nitrogens with one attached hydrogen (secondary N) is 2. The topological polar surface area (TPSA) is 122 Å². The number of carbonyl (C=O) groups is 5. The van der Waals surface area contributed by atoms with Gasteiger partial charge >= 0.3 is 5.97 Å². The Morgan fingerprint density at radius 2 is 1.53 bits per heavy atom. The third-order valence-corrected chi connectivity index (χ3v) is 4.25. The molecule has 30 heavy (non-hydrogen) atoms. The smallest absolute Gasteiger partial charge is 0.325 e. The van der Waals surface area contributed by atoms with E-state index in [1.807, 2.05) is 0 Å². The number of anilines is 2. The molecule has 2 aromatic rings. The number of benzene rings is 2. The standard InChI is InChI=1S/C21H19N3O6/c25-17(23-15-4-2-1-3-5-15)13-30-20(28)12-22-21(29)14-6-8-16(9-7-14)24-18(26)10-11-19(24)27/h1-9H,10-13H2,(H,22,29)(H,23,25). The zero-order chi connectivity index (χ0) is 21.5. The molecule has 0 bridgehead atoms. The minimum Gasteiger partial charge on any atom is -0.454 e. The summed E-state index contributed by atoms with van der Waals surface area (Å²) in [5.74, 6) is -2.36. The van der Waals surface area contributed by atoms with Crippen LogP contribution in [-0.2, 0) is 23.9 Å². The summed E-state index contributed by atoms with van der Waals surface area (Å²) in [6.45, 7) is -0.890. The summed E-state index contributed by atoms with van der Waals surface area (Å²) >= 11 is 0. The predicted octanol–water partition coefficient (Wildman–Crippen LogP) is 1.25. The fourth-order valence-electron chi connectivity index (χ4n) is 2.80. The fourth-order valence-corrected chi connectivity index (χ4v) is 2.80. The van der Waals surface area contributed by atoms with E-state index in [0.29, 0.717) is 11.4 Å². The Bertz CT molecular complexity index is 956. The molecule has 0 unspecified atom stereocenters. The summed E-state index contributed by atoms with van der Waals surface area (Å²) in [6, 6.07) is 14.6. The van der Waals surface area contributed by atoms with Crippen LogP contribution in [0.25, 0.3) is 0 Å². The number of ether oxygens (including phenoxy) is 1. The van der Waals surface area contributed by atoms with Crippen LogP contribution in [0.5, 0.6) is 0 Å². The number of carbonyl (C=O) groups excluding carboxylic acids is 5. The molecule has 2 aromatic carbocycles. The number of rotatable bonds is 7. The van der Waals surface area contributed by atoms with Gasteiger partial charge in [-0.15, -0.1) is 0 Å². The molecule has 0 aromatic heterocycles. The van der Waals surface area contributed by atoms with Crippen LogP contribution in [0, 0.1) is 0 Å². The van der Waals surface area contributed by atoms with Crippen molar-refractivity contribution in [2.75, 3.05) is 23.4 Å². The van der Waals surface area contributed by atoms with Gasteiger partial charge in [-0.3, -0.25) is 28.9 Å². The minimum atomic E-state index is -0.767. The molecule has 0 atom stereocenters. The van der Waals surface area contributed by atoms with Crippen LogP contribution in [0.4, 0.5) is 11.4 Å². The minimum absolute atomic E-state index is 0.173. The van der Waals surface area contributed by atoms with E-state index in [4.69, 9.17) is 4.74 Å². The van der Waals surface area contributed by atoms with E-state index in [2.05, 4.69) is 10.6 Å². The highest BCUT2D eigenvalue weighted by molar-refractivity contribution is 6.19. The maximum absolute atomic E-state index is 12.1. The lowest BCUT2D eigenvalue weighted by molar-refractivity contribution is -0.146. The number of para-hydroxylation sites is 1. The van der Waals surface area contributed by atoms with Crippen LogP contribution >= 0.6 is 0 Å². The molecule has 1 saturated heterocycles. The molecule has 1 aliphatic rings. The Morgan fingerprint density at radius 1 is 0.900 bits per heavy atom. The van der Waals surface area contributed by atoms with Gasteiger partial charge in [0.05, 0.1) is 5.69 Å². The van der Waals surface area contributed by atoms with Crippen molar-refractivity contribution in [3.8, 4) is 0 Å². The Morgan fingerprint density at radius 3 is 2.17 bits per heavy atom. The summed E-state index contributed by atoms with van der Waals surface area (Å²) in [4.78, 5) is 60.2. The monoisotopic (exact) mass is 409 g/mol. The van der Waals surface area contributed by atoms with Gasteiger partial charge in [0, 0.05) is 24.1 Å². The molecular formula is C21H19N3O6. The number of esters is 1. The van der Waals surface area contributed by atoms with Crippen molar-refractivity contribution >= 4 is 41.0 Å². The number of hydrogen-bond donors (Lipinski definition) is 2. The highest BCUT2D eigenvalue weighted by Crippen LogP contribution is 2.22. The van der Waals surface area contributed by atoms with Gasteiger partial charge in [0.15, 0.2) is 6.61 Å². The van der Waals surface area contributed by atoms with Gasteiger partial charge in [0.1, 0.15) is 6.54 Å². The molecule has 0 spiro atoms. The van der Waals surface area contributed by atoms with Crippen LogP contribution in [0.1, 0.15) is 23.2 Å². The molecule has 1 heterocycles. The highest BCUT2D eigenvalue weighted by atomic mass is 16.5. The average molecular weight is 409 g/mol. The van der Waals surface area contributed by atoms with E-state index in [1.165, 1.54) is 24.3 Å². The maximum Gasteiger partial charge on any atom is 0.325 e. The van der Waals surface area contributed by atoms with Gasteiger partial charge < -0.3 is 15.4 Å². The number of hydrogen-bond acceptors (Lipinski definition) is 6. The third kappa shape index (κ3) is 5.28. The second-order valence-electron chi connectivity index (χ2n) is 6.43. The zero-order valence-corrected chi connectivity index (χ0v) is 15.9. The number of imide groups is 1. The van der Waals surface area contributed by atoms with Crippen molar-refractivity contribution in [3.05, 3.63) is 60.2 Å². The van der Waals surface area contributed by atoms with E-state index >= 15 is 0 Å². The van der Waals surface area contributed by atoms with Gasteiger partial charge in [-0.1, -0.05) is 18.2 Å². The summed E-state index contributed by atoms with van der Waals surface area (Å²) in [5, 5.41) is 4.95. The van der Waals surface area contributed by atoms with Crippen molar-refractivity contribution in [2.45, 2.75) is 12.8 Å². The average Bonchev–Trinajstić information content (AvgIpc) is 3.09. The Kier molecular flexibility index (Phi) is 6.53. The summed E-state index contributed by atoms with van der Waals surface area (Å²) in [5.41, 5.74) is 1.21. The zero-order valence-electron chi connectivity index (χ0n) is 15.9. The molecule has 0 saturated carbocycles. The van der Waals surface area contributed by atoms with E-state index in [-0.39, 0.29) is 30.2 Å². The first kappa shape index (κ1) is 20.7. The first-order valence-corrected chi connectivity index (χ1v) is 9.18. The van der Waals surface area contributed by atoms with E-state index < -0.39 is 30.9 Å². The lowest BCUT2D eigenvalue weighted by Crippen LogP contribution is -2.32. The van der Waals surface area contributed by atoms with Gasteiger partial charge in [-0.25, -0.2) is 0 Å². The molecule has 154 valence electrons. The van der Waals surface area contributed by atoms with Crippen molar-refractivity contribution in [1.82, 2.24) is 5.32 Å². The molecule has 9 heteroatoms. The Labute approximate surface area is 172 Å². The van der Waals surface area contributed by atoms with Gasteiger partial charge in [-0.2, -0.15) is 0 Å². The highest BCUT2D eigenvalue weighted by Gasteiger charge is 2.30. The van der Waals surface area contributed by atoms with Crippen molar-refractivity contribution in [2.24, 2.45) is 0 Å². The molecular weight excluding hydrogens is 390 g/mol. The van der Waals surface area contributed by atoms with Crippen LogP contribution < -0.4 is 15.5 Å².